The number of ether oxygens (including phenoxy) is 2. The third kappa shape index (κ3) is 7.54. The predicted molar refractivity (Wildman–Crippen MR) is 158 cm³/mol. The van der Waals surface area contributed by atoms with Crippen molar-refractivity contribution >= 4 is 43.5 Å². The number of nitrogens with one attached hydrogen (secondary N) is 1. The van der Waals surface area contributed by atoms with Gasteiger partial charge in [0.1, 0.15) is 12.6 Å². The van der Waals surface area contributed by atoms with E-state index in [1.54, 1.807) is 37.3 Å². The van der Waals surface area contributed by atoms with Crippen LogP contribution in [0, 0.1) is 0 Å². The SMILES string of the molecule is CCCNC(=O)C(C)N(Cc1cccc(Br)c1)C(=O)CN(c1ccc(OC)c(OC)c1)S(=O)(=O)c1ccccc1. The Balaban J connectivity index is 2.06. The van der Waals surface area contributed by atoms with Crippen LogP contribution in [0.4, 0.5) is 5.69 Å². The summed E-state index contributed by atoms with van der Waals surface area (Å²) in [6.07, 6.45) is 0.737. The molecule has 11 heteroatoms. The van der Waals surface area contributed by atoms with E-state index in [4.69, 9.17) is 9.47 Å². The third-order valence-corrected chi connectivity index (χ3v) is 8.50. The van der Waals surface area contributed by atoms with Gasteiger partial charge >= 0.3 is 0 Å². The van der Waals surface area contributed by atoms with Gasteiger partial charge < -0.3 is 19.7 Å². The number of rotatable bonds is 13. The predicted octanol–water partition coefficient (Wildman–Crippen LogP) is 4.61. The molecule has 0 fully saturated rings. The first-order chi connectivity index (χ1) is 19.1. The fourth-order valence-electron chi connectivity index (χ4n) is 4.04. The standard InChI is InChI=1S/C29H34BrN3O6S/c1-5-16-31-29(35)21(2)32(19-22-10-9-11-23(30)17-22)28(34)20-33(40(36,37)25-12-7-6-8-13-25)24-14-15-26(38-3)27(18-24)39-4/h6-15,17-18,21H,5,16,19-20H2,1-4H3,(H,31,35). The number of anilines is 1. The number of nitrogens with zero attached hydrogens (tertiary/aromatic N) is 2. The van der Waals surface area contributed by atoms with E-state index in [1.165, 1.54) is 37.3 Å². The summed E-state index contributed by atoms with van der Waals surface area (Å²) in [6.45, 7) is 3.58. The zero-order valence-corrected chi connectivity index (χ0v) is 25.4. The number of methoxy groups -OCH3 is 2. The molecule has 1 atom stereocenters. The van der Waals surface area contributed by atoms with Gasteiger partial charge in [0.25, 0.3) is 10.0 Å². The van der Waals surface area contributed by atoms with Gasteiger partial charge in [-0.15, -0.1) is 0 Å². The van der Waals surface area contributed by atoms with Gasteiger partial charge in [0.15, 0.2) is 11.5 Å². The lowest BCUT2D eigenvalue weighted by molar-refractivity contribution is -0.139. The van der Waals surface area contributed by atoms with Crippen molar-refractivity contribution in [3.8, 4) is 11.5 Å². The van der Waals surface area contributed by atoms with Gasteiger partial charge in [-0.05, 0) is 55.3 Å². The average molecular weight is 633 g/mol. The van der Waals surface area contributed by atoms with Crippen LogP contribution in [-0.2, 0) is 26.2 Å². The first kappa shape index (κ1) is 31.0. The van der Waals surface area contributed by atoms with Crippen molar-refractivity contribution in [3.63, 3.8) is 0 Å². The molecular weight excluding hydrogens is 598 g/mol. The summed E-state index contributed by atoms with van der Waals surface area (Å²) in [6, 6.07) is 19.0. The summed E-state index contributed by atoms with van der Waals surface area (Å²) in [7, 11) is -1.27. The molecule has 0 radical (unpaired) electrons. The lowest BCUT2D eigenvalue weighted by Crippen LogP contribution is -2.51. The summed E-state index contributed by atoms with van der Waals surface area (Å²) < 4.78 is 40.3. The zero-order valence-electron chi connectivity index (χ0n) is 23.0. The Kier molecular flexibility index (Phi) is 11.0. The van der Waals surface area contributed by atoms with E-state index in [9.17, 15) is 18.0 Å². The molecule has 1 unspecified atom stereocenters. The molecule has 0 aliphatic rings. The van der Waals surface area contributed by atoms with Crippen LogP contribution in [0.15, 0.2) is 82.2 Å². The Morgan fingerprint density at radius 2 is 1.65 bits per heavy atom. The highest BCUT2D eigenvalue weighted by Crippen LogP contribution is 2.34. The van der Waals surface area contributed by atoms with E-state index in [0.717, 1.165) is 20.8 Å². The maximum Gasteiger partial charge on any atom is 0.264 e. The summed E-state index contributed by atoms with van der Waals surface area (Å²) in [5, 5.41) is 2.83. The number of benzene rings is 3. The smallest absolute Gasteiger partial charge is 0.264 e. The molecule has 3 aromatic carbocycles. The molecule has 0 aliphatic heterocycles. The summed E-state index contributed by atoms with van der Waals surface area (Å²) >= 11 is 3.45. The second kappa shape index (κ2) is 14.2. The molecular formula is C29H34BrN3O6S. The van der Waals surface area contributed by atoms with Crippen LogP contribution < -0.4 is 19.1 Å². The number of carbonyl (C=O) groups excluding carboxylic acids is 2. The minimum absolute atomic E-state index is 0.0184. The molecule has 0 aliphatic carbocycles. The Hall–Kier alpha value is -3.57. The summed E-state index contributed by atoms with van der Waals surface area (Å²) in [4.78, 5) is 28.3. The molecule has 0 aromatic heterocycles. The first-order valence-electron chi connectivity index (χ1n) is 12.7. The van der Waals surface area contributed by atoms with Crippen LogP contribution in [-0.4, -0.2) is 58.5 Å². The van der Waals surface area contributed by atoms with Crippen molar-refractivity contribution in [2.45, 2.75) is 37.8 Å². The van der Waals surface area contributed by atoms with E-state index < -0.39 is 28.5 Å². The van der Waals surface area contributed by atoms with Crippen molar-refractivity contribution in [1.29, 1.82) is 0 Å². The van der Waals surface area contributed by atoms with E-state index in [-0.39, 0.29) is 23.0 Å². The van der Waals surface area contributed by atoms with Gasteiger partial charge in [-0.2, -0.15) is 0 Å². The van der Waals surface area contributed by atoms with Crippen LogP contribution in [0.2, 0.25) is 0 Å². The molecule has 40 heavy (non-hydrogen) atoms. The fourth-order valence-corrected chi connectivity index (χ4v) is 5.91. The summed E-state index contributed by atoms with van der Waals surface area (Å²) in [5.41, 5.74) is 0.988. The second-order valence-corrected chi connectivity index (χ2v) is 11.8. The molecule has 0 heterocycles. The molecule has 3 aromatic rings. The van der Waals surface area contributed by atoms with Crippen molar-refractivity contribution in [2.24, 2.45) is 0 Å². The Morgan fingerprint density at radius 1 is 0.950 bits per heavy atom. The Labute approximate surface area is 244 Å². The Morgan fingerprint density at radius 3 is 2.27 bits per heavy atom. The van der Waals surface area contributed by atoms with Crippen LogP contribution in [0.1, 0.15) is 25.8 Å². The third-order valence-electron chi connectivity index (χ3n) is 6.22. The average Bonchev–Trinajstić information content (AvgIpc) is 2.96. The molecule has 3 rings (SSSR count). The van der Waals surface area contributed by atoms with Crippen LogP contribution in [0.5, 0.6) is 11.5 Å². The van der Waals surface area contributed by atoms with E-state index in [2.05, 4.69) is 21.2 Å². The van der Waals surface area contributed by atoms with Crippen LogP contribution in [0.3, 0.4) is 0 Å². The van der Waals surface area contributed by atoms with Crippen molar-refractivity contribution in [3.05, 3.63) is 82.8 Å². The molecule has 1 N–H and O–H groups in total. The fraction of sp³-hybridized carbons (Fsp3) is 0.310. The van der Waals surface area contributed by atoms with E-state index in [0.29, 0.717) is 18.0 Å². The lowest BCUT2D eigenvalue weighted by atomic mass is 10.1. The van der Waals surface area contributed by atoms with Crippen molar-refractivity contribution in [1.82, 2.24) is 10.2 Å². The van der Waals surface area contributed by atoms with Crippen molar-refractivity contribution in [2.75, 3.05) is 31.6 Å². The maximum absolute atomic E-state index is 14.0. The molecule has 0 saturated carbocycles. The summed E-state index contributed by atoms with van der Waals surface area (Å²) in [5.74, 6) is -0.159. The maximum atomic E-state index is 14.0. The highest BCUT2D eigenvalue weighted by molar-refractivity contribution is 9.10. The van der Waals surface area contributed by atoms with Gasteiger partial charge in [-0.1, -0.05) is 53.2 Å². The van der Waals surface area contributed by atoms with Gasteiger partial charge in [-0.25, -0.2) is 8.42 Å². The topological polar surface area (TPSA) is 105 Å². The molecule has 9 nitrogen and oxygen atoms in total. The van der Waals surface area contributed by atoms with Crippen molar-refractivity contribution < 1.29 is 27.5 Å². The quantitative estimate of drug-likeness (QED) is 0.295. The number of sulfonamides is 1. The minimum Gasteiger partial charge on any atom is -0.493 e. The molecule has 0 bridgehead atoms. The Bertz CT molecular complexity index is 1420. The number of halogens is 1. The number of hydrogen-bond donors (Lipinski definition) is 1. The first-order valence-corrected chi connectivity index (χ1v) is 15.0. The highest BCUT2D eigenvalue weighted by Gasteiger charge is 2.33. The van der Waals surface area contributed by atoms with Gasteiger partial charge in [0.2, 0.25) is 11.8 Å². The van der Waals surface area contributed by atoms with E-state index >= 15 is 0 Å². The van der Waals surface area contributed by atoms with Crippen LogP contribution in [0.25, 0.3) is 0 Å². The number of carbonyl (C=O) groups is 2. The van der Waals surface area contributed by atoms with Crippen LogP contribution >= 0.6 is 15.9 Å². The molecule has 214 valence electrons. The largest absolute Gasteiger partial charge is 0.493 e. The lowest BCUT2D eigenvalue weighted by Gasteiger charge is -2.32. The van der Waals surface area contributed by atoms with Gasteiger partial charge in [-0.3, -0.25) is 13.9 Å². The van der Waals surface area contributed by atoms with Gasteiger partial charge in [0, 0.05) is 23.6 Å². The number of amides is 2. The molecule has 2 amide bonds. The van der Waals surface area contributed by atoms with Gasteiger partial charge in [0.05, 0.1) is 24.8 Å². The normalized spacial score (nSPS) is 11.8. The zero-order chi connectivity index (χ0) is 29.3. The second-order valence-electron chi connectivity index (χ2n) is 8.98. The molecule has 0 spiro atoms. The monoisotopic (exact) mass is 631 g/mol. The highest BCUT2D eigenvalue weighted by atomic mass is 79.9. The van der Waals surface area contributed by atoms with E-state index in [1.807, 2.05) is 31.2 Å². The minimum atomic E-state index is -4.19. The number of hydrogen-bond acceptors (Lipinski definition) is 6. The molecule has 0 saturated heterocycles.